The Labute approximate surface area is 173 Å². The van der Waals surface area contributed by atoms with E-state index in [-0.39, 0.29) is 18.9 Å². The summed E-state index contributed by atoms with van der Waals surface area (Å²) in [4.78, 5) is 13.0. The first-order chi connectivity index (χ1) is 14.4. The van der Waals surface area contributed by atoms with E-state index in [1.807, 2.05) is 24.3 Å². The second-order valence-electron chi connectivity index (χ2n) is 6.59. The third kappa shape index (κ3) is 4.58. The molecular weight excluding hydrogens is 410 g/mol. The van der Waals surface area contributed by atoms with E-state index in [1.165, 1.54) is 6.33 Å². The lowest BCUT2D eigenvalue weighted by atomic mass is 10.2. The van der Waals surface area contributed by atoms with Crippen LogP contribution in [-0.4, -0.2) is 47.8 Å². The fourth-order valence-corrected chi connectivity index (χ4v) is 3.49. The maximum atomic E-state index is 11.0. The molecule has 0 radical (unpaired) electrons. The number of hydrogen-bond donors (Lipinski definition) is 1. The van der Waals surface area contributed by atoms with Crippen LogP contribution in [0.5, 0.6) is 5.75 Å². The molecule has 0 aliphatic carbocycles. The van der Waals surface area contributed by atoms with Gasteiger partial charge in [0, 0.05) is 5.56 Å². The number of benzene rings is 1. The molecule has 2 N–H and O–H groups in total. The van der Waals surface area contributed by atoms with Gasteiger partial charge in [-0.25, -0.2) is 20.1 Å². The molecule has 1 aromatic carbocycles. The summed E-state index contributed by atoms with van der Waals surface area (Å²) in [6.45, 7) is -0.129. The quantitative estimate of drug-likeness (QED) is 0.597. The van der Waals surface area contributed by atoms with Crippen molar-refractivity contribution >= 4 is 21.5 Å². The zero-order valence-electron chi connectivity index (χ0n) is 16.1. The molecule has 1 fully saturated rings. The Morgan fingerprint density at radius 3 is 2.73 bits per heavy atom. The summed E-state index contributed by atoms with van der Waals surface area (Å²) in [5, 5.41) is 4.86. The van der Waals surface area contributed by atoms with Gasteiger partial charge in [-0.15, -0.1) is 0 Å². The minimum absolute atomic E-state index is 0.129. The van der Waals surface area contributed by atoms with E-state index >= 15 is 0 Å². The van der Waals surface area contributed by atoms with Crippen LogP contribution in [0.1, 0.15) is 30.3 Å². The van der Waals surface area contributed by atoms with Crippen LogP contribution in [0.25, 0.3) is 11.2 Å². The summed E-state index contributed by atoms with van der Waals surface area (Å²) in [5.41, 5.74) is 2.47. The highest BCUT2D eigenvalue weighted by molar-refractivity contribution is 7.84. The zero-order valence-corrected chi connectivity index (χ0v) is 16.9. The molecule has 1 aliphatic rings. The second kappa shape index (κ2) is 8.37. The Kier molecular flexibility index (Phi) is 5.65. The minimum atomic E-state index is -4.00. The summed E-state index contributed by atoms with van der Waals surface area (Å²) < 4.78 is 39.3. The summed E-state index contributed by atoms with van der Waals surface area (Å²) in [6, 6.07) is 7.39. The number of ether oxygens (including phenoxy) is 2. The van der Waals surface area contributed by atoms with E-state index < -0.39 is 10.3 Å². The number of imidazole rings is 1. The lowest BCUT2D eigenvalue weighted by Gasteiger charge is -2.14. The predicted molar refractivity (Wildman–Crippen MR) is 107 cm³/mol. The SMILES string of the molecule is COc1ccc(C#Cc2ncnc3c2ncn3[C@H]2CC[C@@H](COS(N)(=O)=O)O2)cc1. The molecule has 0 spiro atoms. The molecule has 0 unspecified atom stereocenters. The summed E-state index contributed by atoms with van der Waals surface area (Å²) in [5.74, 6) is 6.85. The fourth-order valence-electron chi connectivity index (χ4n) is 3.14. The van der Waals surface area contributed by atoms with Gasteiger partial charge < -0.3 is 9.47 Å². The highest BCUT2D eigenvalue weighted by Crippen LogP contribution is 2.30. The van der Waals surface area contributed by atoms with Gasteiger partial charge in [0.05, 0.1) is 26.1 Å². The number of nitrogens with two attached hydrogens (primary N) is 1. The van der Waals surface area contributed by atoms with Gasteiger partial charge in [-0.2, -0.15) is 8.42 Å². The van der Waals surface area contributed by atoms with Crippen molar-refractivity contribution < 1.29 is 22.1 Å². The molecule has 11 heteroatoms. The largest absolute Gasteiger partial charge is 0.497 e. The molecule has 3 heterocycles. The van der Waals surface area contributed by atoms with Gasteiger partial charge in [0.25, 0.3) is 0 Å². The second-order valence-corrected chi connectivity index (χ2v) is 7.81. The van der Waals surface area contributed by atoms with E-state index in [9.17, 15) is 8.42 Å². The predicted octanol–water partition coefficient (Wildman–Crippen LogP) is 1.13. The molecule has 30 heavy (non-hydrogen) atoms. The molecule has 2 atom stereocenters. The van der Waals surface area contributed by atoms with E-state index in [2.05, 4.69) is 31.0 Å². The molecule has 0 bridgehead atoms. The van der Waals surface area contributed by atoms with Crippen molar-refractivity contribution in [1.82, 2.24) is 19.5 Å². The van der Waals surface area contributed by atoms with Gasteiger partial charge >= 0.3 is 10.3 Å². The smallest absolute Gasteiger partial charge is 0.333 e. The van der Waals surface area contributed by atoms with Crippen LogP contribution in [0.4, 0.5) is 0 Å². The molecule has 156 valence electrons. The van der Waals surface area contributed by atoms with Gasteiger partial charge in [0.1, 0.15) is 29.5 Å². The van der Waals surface area contributed by atoms with Gasteiger partial charge in [0.15, 0.2) is 5.65 Å². The van der Waals surface area contributed by atoms with Crippen LogP contribution in [0.2, 0.25) is 0 Å². The monoisotopic (exact) mass is 429 g/mol. The van der Waals surface area contributed by atoms with Gasteiger partial charge in [-0.1, -0.05) is 5.92 Å². The van der Waals surface area contributed by atoms with Crippen molar-refractivity contribution in [2.24, 2.45) is 5.14 Å². The fraction of sp³-hybridized carbons (Fsp3) is 0.316. The van der Waals surface area contributed by atoms with Crippen LogP contribution < -0.4 is 9.88 Å². The Bertz CT molecular complexity index is 1210. The molecule has 0 amide bonds. The van der Waals surface area contributed by atoms with Crippen molar-refractivity contribution in [3.05, 3.63) is 48.2 Å². The first kappa shape index (κ1) is 20.2. The van der Waals surface area contributed by atoms with Gasteiger partial charge in [0.2, 0.25) is 0 Å². The van der Waals surface area contributed by atoms with E-state index in [0.717, 1.165) is 11.3 Å². The maximum absolute atomic E-state index is 11.0. The topological polar surface area (TPSA) is 131 Å². The normalized spacial score (nSPS) is 18.9. The first-order valence-corrected chi connectivity index (χ1v) is 10.6. The molecule has 1 aliphatic heterocycles. The van der Waals surface area contributed by atoms with Crippen LogP contribution in [0.15, 0.2) is 36.9 Å². The average molecular weight is 429 g/mol. The number of hydrogen-bond acceptors (Lipinski definition) is 8. The van der Waals surface area contributed by atoms with E-state index in [0.29, 0.717) is 29.7 Å². The first-order valence-electron chi connectivity index (χ1n) is 9.09. The highest BCUT2D eigenvalue weighted by atomic mass is 32.2. The van der Waals surface area contributed by atoms with Crippen molar-refractivity contribution in [2.75, 3.05) is 13.7 Å². The molecule has 2 aromatic heterocycles. The average Bonchev–Trinajstić information content (AvgIpc) is 3.37. The number of methoxy groups -OCH3 is 1. The van der Waals surface area contributed by atoms with Crippen LogP contribution in [0.3, 0.4) is 0 Å². The van der Waals surface area contributed by atoms with Gasteiger partial charge in [-0.3, -0.25) is 8.75 Å². The van der Waals surface area contributed by atoms with Gasteiger partial charge in [-0.05, 0) is 43.0 Å². The zero-order chi connectivity index (χ0) is 21.1. The summed E-state index contributed by atoms with van der Waals surface area (Å²) in [7, 11) is -2.39. The molecular formula is C19H19N5O5S. The number of rotatable bonds is 5. The highest BCUT2D eigenvalue weighted by Gasteiger charge is 2.29. The third-order valence-corrected chi connectivity index (χ3v) is 5.05. The van der Waals surface area contributed by atoms with Crippen molar-refractivity contribution in [3.63, 3.8) is 0 Å². The number of fused-ring (bicyclic) bond motifs is 1. The van der Waals surface area contributed by atoms with Crippen molar-refractivity contribution in [3.8, 4) is 17.6 Å². The maximum Gasteiger partial charge on any atom is 0.333 e. The molecule has 10 nitrogen and oxygen atoms in total. The van der Waals surface area contributed by atoms with E-state index in [1.54, 1.807) is 18.0 Å². The molecule has 3 aromatic rings. The lowest BCUT2D eigenvalue weighted by Crippen LogP contribution is -2.23. The van der Waals surface area contributed by atoms with Crippen molar-refractivity contribution in [2.45, 2.75) is 25.2 Å². The van der Waals surface area contributed by atoms with E-state index in [4.69, 9.17) is 14.6 Å². The summed E-state index contributed by atoms with van der Waals surface area (Å²) >= 11 is 0. The molecule has 0 saturated carbocycles. The Morgan fingerprint density at radius 2 is 2.00 bits per heavy atom. The number of aromatic nitrogens is 4. The molecule has 1 saturated heterocycles. The Morgan fingerprint density at radius 1 is 1.20 bits per heavy atom. The Hall–Kier alpha value is -3.04. The van der Waals surface area contributed by atoms with Crippen LogP contribution in [0, 0.1) is 11.8 Å². The standard InChI is InChI=1S/C19H19N5O5S/c1-27-14-5-2-13(3-6-14)4-8-16-18-19(22-11-21-16)24(12-23-18)17-9-7-15(29-17)10-28-30(20,25)26/h2-3,5-6,11-12,15,17H,7,9-10H2,1H3,(H2,20,25,26)/t15-,17+/m0/s1. The third-order valence-electron chi connectivity index (χ3n) is 4.59. The lowest BCUT2D eigenvalue weighted by molar-refractivity contribution is -0.0149. The van der Waals surface area contributed by atoms with Crippen LogP contribution >= 0.6 is 0 Å². The van der Waals surface area contributed by atoms with Crippen LogP contribution in [-0.2, 0) is 19.2 Å². The summed E-state index contributed by atoms with van der Waals surface area (Å²) in [6.07, 6.45) is 3.58. The minimum Gasteiger partial charge on any atom is -0.497 e. The Balaban J connectivity index is 1.53. The molecule has 4 rings (SSSR count). The van der Waals surface area contributed by atoms with Crippen molar-refractivity contribution in [1.29, 1.82) is 0 Å². The number of nitrogens with zero attached hydrogens (tertiary/aromatic N) is 4.